The molecule has 2 rings (SSSR count). The maximum Gasteiger partial charge on any atom is 0.230 e. The van der Waals surface area contributed by atoms with Crippen molar-refractivity contribution in [2.75, 3.05) is 30.4 Å². The third kappa shape index (κ3) is 3.74. The molecule has 0 aliphatic rings. The minimum absolute atomic E-state index is 0.512. The summed E-state index contributed by atoms with van der Waals surface area (Å²) in [6, 6.07) is 5.25. The van der Waals surface area contributed by atoms with Crippen molar-refractivity contribution >= 4 is 35.1 Å². The smallest absolute Gasteiger partial charge is 0.230 e. The van der Waals surface area contributed by atoms with Gasteiger partial charge in [-0.1, -0.05) is 23.2 Å². The minimum Gasteiger partial charge on any atom is -0.357 e. The molecule has 0 bridgehead atoms. The molecule has 0 fully saturated rings. The van der Waals surface area contributed by atoms with Crippen molar-refractivity contribution < 1.29 is 0 Å². The average Bonchev–Trinajstić information content (AvgIpc) is 2.47. The van der Waals surface area contributed by atoms with Crippen LogP contribution in [0.1, 0.15) is 13.8 Å². The number of halogens is 2. The molecule has 0 spiro atoms. The number of rotatable bonds is 5. The van der Waals surface area contributed by atoms with Gasteiger partial charge in [-0.3, -0.25) is 0 Å². The zero-order chi connectivity index (χ0) is 15.4. The van der Waals surface area contributed by atoms with Gasteiger partial charge in [-0.25, -0.2) is 0 Å². The van der Waals surface area contributed by atoms with E-state index in [9.17, 15) is 0 Å². The predicted molar refractivity (Wildman–Crippen MR) is 88.4 cm³/mol. The Hall–Kier alpha value is -1.59. The first kappa shape index (κ1) is 15.8. The van der Waals surface area contributed by atoms with E-state index in [1.54, 1.807) is 25.2 Å². The molecule has 0 unspecified atom stereocenters. The predicted octanol–water partition coefficient (Wildman–Crippen LogP) is 3.73. The van der Waals surface area contributed by atoms with Crippen molar-refractivity contribution in [3.8, 4) is 11.4 Å². The summed E-state index contributed by atoms with van der Waals surface area (Å²) in [5, 5.41) is 4.05. The molecule has 7 heteroatoms. The minimum atomic E-state index is 0.512. The van der Waals surface area contributed by atoms with Gasteiger partial charge in [0.15, 0.2) is 5.82 Å². The second kappa shape index (κ2) is 6.91. The van der Waals surface area contributed by atoms with E-state index in [4.69, 9.17) is 23.2 Å². The molecule has 5 nitrogen and oxygen atoms in total. The van der Waals surface area contributed by atoms with Gasteiger partial charge in [0.2, 0.25) is 11.9 Å². The van der Waals surface area contributed by atoms with Gasteiger partial charge in [0.25, 0.3) is 0 Å². The maximum absolute atomic E-state index is 6.05. The maximum atomic E-state index is 6.05. The zero-order valence-electron chi connectivity index (χ0n) is 12.2. The molecular weight excluding hydrogens is 309 g/mol. The highest BCUT2D eigenvalue weighted by Gasteiger charge is 2.12. The van der Waals surface area contributed by atoms with Crippen molar-refractivity contribution in [2.24, 2.45) is 0 Å². The lowest BCUT2D eigenvalue weighted by molar-refractivity contribution is 0.815. The third-order valence-corrected chi connectivity index (χ3v) is 3.45. The van der Waals surface area contributed by atoms with E-state index < -0.39 is 0 Å². The fourth-order valence-electron chi connectivity index (χ4n) is 1.94. The fraction of sp³-hybridized carbons (Fsp3) is 0.357. The Bertz CT molecular complexity index is 609. The Morgan fingerprint density at radius 1 is 1.00 bits per heavy atom. The van der Waals surface area contributed by atoms with Gasteiger partial charge in [-0.2, -0.15) is 15.0 Å². The van der Waals surface area contributed by atoms with Gasteiger partial charge in [0.05, 0.1) is 0 Å². The Morgan fingerprint density at radius 3 is 2.14 bits per heavy atom. The fourth-order valence-corrected chi connectivity index (χ4v) is 2.46. The van der Waals surface area contributed by atoms with Crippen LogP contribution in [-0.2, 0) is 0 Å². The monoisotopic (exact) mass is 325 g/mol. The summed E-state index contributed by atoms with van der Waals surface area (Å²) < 4.78 is 0. The molecular formula is C14H17Cl2N5. The Morgan fingerprint density at radius 2 is 1.62 bits per heavy atom. The van der Waals surface area contributed by atoms with Crippen LogP contribution in [0.2, 0.25) is 10.0 Å². The average molecular weight is 326 g/mol. The Kier molecular flexibility index (Phi) is 5.20. The number of hydrogen-bond acceptors (Lipinski definition) is 5. The van der Waals surface area contributed by atoms with Crippen molar-refractivity contribution in [1.82, 2.24) is 15.0 Å². The topological polar surface area (TPSA) is 53.9 Å². The van der Waals surface area contributed by atoms with E-state index in [0.717, 1.165) is 18.7 Å². The summed E-state index contributed by atoms with van der Waals surface area (Å²) in [5.41, 5.74) is 0.764. The second-order valence-electron chi connectivity index (χ2n) is 4.36. The van der Waals surface area contributed by atoms with Crippen molar-refractivity contribution in [1.29, 1.82) is 0 Å². The molecule has 0 aliphatic heterocycles. The molecule has 1 heterocycles. The van der Waals surface area contributed by atoms with E-state index in [1.165, 1.54) is 0 Å². The highest BCUT2D eigenvalue weighted by molar-refractivity contribution is 6.35. The molecule has 0 aliphatic carbocycles. The first-order valence-corrected chi connectivity index (χ1v) is 7.48. The zero-order valence-corrected chi connectivity index (χ0v) is 13.7. The number of hydrogen-bond donors (Lipinski definition) is 1. The quantitative estimate of drug-likeness (QED) is 0.907. The lowest BCUT2D eigenvalue weighted by Gasteiger charge is -2.19. The molecule has 1 aromatic heterocycles. The molecule has 0 saturated heterocycles. The van der Waals surface area contributed by atoms with E-state index in [1.807, 2.05) is 0 Å². The molecule has 1 aromatic carbocycles. The highest BCUT2D eigenvalue weighted by atomic mass is 35.5. The van der Waals surface area contributed by atoms with Crippen LogP contribution in [0.25, 0.3) is 11.4 Å². The molecule has 2 aromatic rings. The molecule has 0 radical (unpaired) electrons. The van der Waals surface area contributed by atoms with Gasteiger partial charge in [-0.15, -0.1) is 0 Å². The number of benzene rings is 1. The standard InChI is InChI=1S/C14H17Cl2N5/c1-4-21(5-2)14-19-12(18-13(17-3)20-14)9-6-10(15)8-11(16)7-9/h6-8H,4-5H2,1-3H3,(H,17,18,19,20). The lowest BCUT2D eigenvalue weighted by atomic mass is 10.2. The summed E-state index contributed by atoms with van der Waals surface area (Å²) >= 11 is 12.1. The van der Waals surface area contributed by atoms with Gasteiger partial charge in [-0.05, 0) is 32.0 Å². The van der Waals surface area contributed by atoms with Crippen LogP contribution in [0.5, 0.6) is 0 Å². The van der Waals surface area contributed by atoms with Crippen LogP contribution in [0.4, 0.5) is 11.9 Å². The summed E-state index contributed by atoms with van der Waals surface area (Å²) in [6.07, 6.45) is 0. The number of nitrogens with zero attached hydrogens (tertiary/aromatic N) is 4. The van der Waals surface area contributed by atoms with Crippen LogP contribution < -0.4 is 10.2 Å². The molecule has 21 heavy (non-hydrogen) atoms. The number of aromatic nitrogens is 3. The van der Waals surface area contributed by atoms with Crippen LogP contribution in [0, 0.1) is 0 Å². The Balaban J connectivity index is 2.54. The summed E-state index contributed by atoms with van der Waals surface area (Å²) in [7, 11) is 1.77. The van der Waals surface area contributed by atoms with Gasteiger partial charge >= 0.3 is 0 Å². The number of nitrogens with one attached hydrogen (secondary N) is 1. The Labute approximate surface area is 134 Å². The van der Waals surface area contributed by atoms with Gasteiger partial charge in [0.1, 0.15) is 0 Å². The first-order valence-electron chi connectivity index (χ1n) is 6.72. The van der Waals surface area contributed by atoms with Crippen molar-refractivity contribution in [3.63, 3.8) is 0 Å². The van der Waals surface area contributed by atoms with Crippen LogP contribution in [0.15, 0.2) is 18.2 Å². The van der Waals surface area contributed by atoms with E-state index in [2.05, 4.69) is 39.0 Å². The molecule has 0 saturated carbocycles. The van der Waals surface area contributed by atoms with Crippen LogP contribution in [0.3, 0.4) is 0 Å². The van der Waals surface area contributed by atoms with Gasteiger partial charge < -0.3 is 10.2 Å². The van der Waals surface area contributed by atoms with Crippen molar-refractivity contribution in [2.45, 2.75) is 13.8 Å². The third-order valence-electron chi connectivity index (χ3n) is 3.01. The summed E-state index contributed by atoms with van der Waals surface area (Å²) in [6.45, 7) is 5.75. The van der Waals surface area contributed by atoms with Crippen LogP contribution >= 0.6 is 23.2 Å². The summed E-state index contributed by atoms with van der Waals surface area (Å²) in [4.78, 5) is 15.3. The van der Waals surface area contributed by atoms with Gasteiger partial charge in [0, 0.05) is 35.7 Å². The highest BCUT2D eigenvalue weighted by Crippen LogP contribution is 2.26. The first-order chi connectivity index (χ1) is 10.1. The van der Waals surface area contributed by atoms with E-state index in [0.29, 0.717) is 27.8 Å². The normalized spacial score (nSPS) is 10.5. The summed E-state index contributed by atoms with van der Waals surface area (Å²) in [5.74, 6) is 1.68. The van der Waals surface area contributed by atoms with Crippen LogP contribution in [-0.4, -0.2) is 35.1 Å². The van der Waals surface area contributed by atoms with Crippen molar-refractivity contribution in [3.05, 3.63) is 28.2 Å². The van der Waals surface area contributed by atoms with E-state index in [-0.39, 0.29) is 0 Å². The number of anilines is 2. The molecule has 0 amide bonds. The molecule has 112 valence electrons. The largest absolute Gasteiger partial charge is 0.357 e. The molecule has 0 atom stereocenters. The molecule has 1 N–H and O–H groups in total. The SMILES string of the molecule is CCN(CC)c1nc(NC)nc(-c2cc(Cl)cc(Cl)c2)n1. The van der Waals surface area contributed by atoms with E-state index >= 15 is 0 Å². The lowest BCUT2D eigenvalue weighted by Crippen LogP contribution is -2.25. The second-order valence-corrected chi connectivity index (χ2v) is 5.24.